The van der Waals surface area contributed by atoms with Crippen LogP contribution in [0.15, 0.2) is 78.9 Å². The Morgan fingerprint density at radius 1 is 0.907 bits per heavy atom. The zero-order valence-corrected chi connectivity index (χ0v) is 23.2. The smallest absolute Gasteiger partial charge is 0.340 e. The molecule has 2 bridgehead atoms. The van der Waals surface area contributed by atoms with Gasteiger partial charge in [0.25, 0.3) is 0 Å². The van der Waals surface area contributed by atoms with Gasteiger partial charge in [-0.15, -0.1) is 0 Å². The maximum atomic E-state index is 13.6. The van der Waals surface area contributed by atoms with Gasteiger partial charge in [-0.3, -0.25) is 24.5 Å². The Balaban J connectivity index is 1.03. The zero-order chi connectivity index (χ0) is 30.0. The van der Waals surface area contributed by atoms with Crippen LogP contribution in [0, 0.1) is 45.6 Å². The zero-order valence-electron chi connectivity index (χ0n) is 22.4. The van der Waals surface area contributed by atoms with Gasteiger partial charge in [0.05, 0.1) is 33.0 Å². The highest BCUT2D eigenvalue weighted by Crippen LogP contribution is 2.65. The second-order valence-electron chi connectivity index (χ2n) is 11.2. The van der Waals surface area contributed by atoms with Crippen molar-refractivity contribution in [3.05, 3.63) is 105 Å². The van der Waals surface area contributed by atoms with Gasteiger partial charge < -0.3 is 9.47 Å². The summed E-state index contributed by atoms with van der Waals surface area (Å²) in [5, 5.41) is 11.4. The van der Waals surface area contributed by atoms with E-state index in [4.69, 9.17) is 21.1 Å². The van der Waals surface area contributed by atoms with E-state index in [2.05, 4.69) is 12.2 Å². The summed E-state index contributed by atoms with van der Waals surface area (Å²) >= 11 is 6.07. The molecule has 0 unspecified atom stereocenters. The summed E-state index contributed by atoms with van der Waals surface area (Å²) in [4.78, 5) is 64.9. The molecule has 8 rings (SSSR count). The van der Waals surface area contributed by atoms with Gasteiger partial charge in [-0.05, 0) is 72.6 Å². The van der Waals surface area contributed by atoms with E-state index in [1.807, 2.05) is 0 Å². The molecule has 10 nitrogen and oxygen atoms in total. The molecule has 43 heavy (non-hydrogen) atoms. The topological polar surface area (TPSA) is 133 Å². The maximum Gasteiger partial charge on any atom is 0.340 e. The molecule has 3 aromatic carbocycles. The average molecular weight is 599 g/mol. The number of hydrogen-bond acceptors (Lipinski definition) is 8. The third-order valence-electron chi connectivity index (χ3n) is 8.90. The number of Topliss-reactive ketones (excluding diaryl/α,β-unsaturated/α-hetero) is 1. The normalized spacial score (nSPS) is 26.1. The van der Waals surface area contributed by atoms with Crippen molar-refractivity contribution in [2.24, 2.45) is 35.5 Å². The quantitative estimate of drug-likeness (QED) is 0.0812. The molecule has 3 aromatic rings. The molecule has 216 valence electrons. The predicted octanol–water partition coefficient (Wildman–Crippen LogP) is 5.64. The second kappa shape index (κ2) is 10.2. The number of rotatable bonds is 8. The Kier molecular flexibility index (Phi) is 6.39. The van der Waals surface area contributed by atoms with Crippen LogP contribution in [0.3, 0.4) is 0 Å². The van der Waals surface area contributed by atoms with Crippen LogP contribution in [0.1, 0.15) is 27.1 Å². The van der Waals surface area contributed by atoms with E-state index < -0.39 is 35.1 Å². The molecule has 6 atom stereocenters. The van der Waals surface area contributed by atoms with Crippen molar-refractivity contribution in [2.75, 3.05) is 11.5 Å². The van der Waals surface area contributed by atoms with Gasteiger partial charge in [0, 0.05) is 11.6 Å². The molecule has 1 heterocycles. The Bertz CT molecular complexity index is 1720. The van der Waals surface area contributed by atoms with E-state index >= 15 is 0 Å². The van der Waals surface area contributed by atoms with Crippen LogP contribution >= 0.6 is 11.6 Å². The fraction of sp³-hybridized carbons (Fsp3) is 0.250. The van der Waals surface area contributed by atoms with Crippen molar-refractivity contribution >= 4 is 46.5 Å². The Labute approximate surface area is 250 Å². The lowest BCUT2D eigenvalue weighted by Gasteiger charge is -2.37. The minimum Gasteiger partial charge on any atom is -0.454 e. The number of ether oxygens (including phenoxy) is 2. The number of ketones is 1. The van der Waals surface area contributed by atoms with E-state index in [1.165, 1.54) is 48.5 Å². The number of hydrogen-bond donors (Lipinski definition) is 0. The number of allylic oxidation sites excluding steroid dienone is 2. The van der Waals surface area contributed by atoms with Gasteiger partial charge in [-0.2, -0.15) is 0 Å². The van der Waals surface area contributed by atoms with Crippen LogP contribution in [-0.4, -0.2) is 35.1 Å². The summed E-state index contributed by atoms with van der Waals surface area (Å²) in [5.74, 6) is -1.66. The van der Waals surface area contributed by atoms with Gasteiger partial charge in [-0.25, -0.2) is 9.69 Å². The standard InChI is InChI=1S/C32H23ClN2O8/c33-23-5-3-7-25(35(40)41)29(23)43-17-10-8-16(9-11-17)26(36)15-42-32(39)20-4-1-2-6-24(20)34-30(37)27-18-12-13-19(22-14-21(18)22)28(27)31(34)38/h1-13,18-19,21-22,27-28H,14-15H2/t18-,19-,21-,22-,27+,28+/m1/s1. The molecule has 2 saturated carbocycles. The molecular formula is C32H23ClN2O8. The van der Waals surface area contributed by atoms with E-state index in [0.29, 0.717) is 11.8 Å². The highest BCUT2D eigenvalue weighted by atomic mass is 35.5. The molecule has 4 aliphatic carbocycles. The number of nitro benzene ring substituents is 1. The van der Waals surface area contributed by atoms with E-state index in [0.717, 1.165) is 11.3 Å². The summed E-state index contributed by atoms with van der Waals surface area (Å²) in [6.07, 6.45) is 5.21. The minimum absolute atomic E-state index is 0.0196. The summed E-state index contributed by atoms with van der Waals surface area (Å²) in [6, 6.07) is 16.1. The summed E-state index contributed by atoms with van der Waals surface area (Å²) in [7, 11) is 0. The molecule has 0 radical (unpaired) electrons. The highest BCUT2D eigenvalue weighted by Gasteiger charge is 2.67. The third kappa shape index (κ3) is 4.40. The van der Waals surface area contributed by atoms with Crippen LogP contribution in [0.25, 0.3) is 0 Å². The molecule has 3 fully saturated rings. The van der Waals surface area contributed by atoms with Crippen molar-refractivity contribution in [1.82, 2.24) is 0 Å². The summed E-state index contributed by atoms with van der Waals surface area (Å²) in [6.45, 7) is -0.589. The van der Waals surface area contributed by atoms with Gasteiger partial charge in [0.2, 0.25) is 17.6 Å². The highest BCUT2D eigenvalue weighted by molar-refractivity contribution is 6.32. The summed E-state index contributed by atoms with van der Waals surface area (Å²) in [5.41, 5.74) is 0.0768. The fourth-order valence-corrected chi connectivity index (χ4v) is 7.10. The Morgan fingerprint density at radius 2 is 1.56 bits per heavy atom. The first-order valence-electron chi connectivity index (χ1n) is 13.8. The Morgan fingerprint density at radius 3 is 2.21 bits per heavy atom. The molecule has 5 aliphatic rings. The van der Waals surface area contributed by atoms with Crippen LogP contribution in [-0.2, 0) is 14.3 Å². The third-order valence-corrected chi connectivity index (χ3v) is 9.20. The van der Waals surface area contributed by atoms with Gasteiger partial charge >= 0.3 is 11.7 Å². The van der Waals surface area contributed by atoms with Crippen LogP contribution in [0.2, 0.25) is 5.02 Å². The predicted molar refractivity (Wildman–Crippen MR) is 153 cm³/mol. The number of anilines is 1. The maximum absolute atomic E-state index is 13.6. The van der Waals surface area contributed by atoms with Crippen LogP contribution in [0.5, 0.6) is 11.5 Å². The Hall–Kier alpha value is -4.83. The number of benzene rings is 3. The first-order valence-corrected chi connectivity index (χ1v) is 14.2. The number of imide groups is 1. The lowest BCUT2D eigenvalue weighted by molar-refractivity contribution is -0.385. The van der Waals surface area contributed by atoms with Gasteiger partial charge in [0.1, 0.15) is 5.75 Å². The van der Waals surface area contributed by atoms with Crippen LogP contribution < -0.4 is 9.64 Å². The van der Waals surface area contributed by atoms with Gasteiger partial charge in [0.15, 0.2) is 12.4 Å². The number of para-hydroxylation sites is 2. The summed E-state index contributed by atoms with van der Waals surface area (Å²) < 4.78 is 10.9. The van der Waals surface area contributed by atoms with E-state index in [1.54, 1.807) is 18.2 Å². The lowest BCUT2D eigenvalue weighted by Crippen LogP contribution is -2.40. The molecule has 0 N–H and O–H groups in total. The first-order chi connectivity index (χ1) is 20.7. The molecular weight excluding hydrogens is 576 g/mol. The monoisotopic (exact) mass is 598 g/mol. The number of halogens is 1. The first kappa shape index (κ1) is 27.0. The SMILES string of the molecule is O=C(COC(=O)c1ccccc1N1C(=O)[C@H]2[C@@H]3C=C[C@H]([C@H]4C[C@H]34)[C@@H]2C1=O)c1ccc(Oc2c(Cl)cccc2[N+](=O)[O-])cc1. The van der Waals surface area contributed by atoms with Crippen molar-refractivity contribution in [2.45, 2.75) is 6.42 Å². The van der Waals surface area contributed by atoms with Crippen molar-refractivity contribution in [3.8, 4) is 11.5 Å². The molecule has 1 aliphatic heterocycles. The fourth-order valence-electron chi connectivity index (χ4n) is 6.90. The largest absolute Gasteiger partial charge is 0.454 e. The molecule has 11 heteroatoms. The van der Waals surface area contributed by atoms with Crippen molar-refractivity contribution in [3.63, 3.8) is 0 Å². The molecule has 0 aromatic heterocycles. The van der Waals surface area contributed by atoms with E-state index in [9.17, 15) is 29.3 Å². The number of nitrogens with zero attached hydrogens (tertiary/aromatic N) is 2. The minimum atomic E-state index is -0.839. The molecule has 1 saturated heterocycles. The van der Waals surface area contributed by atoms with E-state index in [-0.39, 0.29) is 62.7 Å². The van der Waals surface area contributed by atoms with Gasteiger partial charge in [-0.1, -0.05) is 42.0 Å². The lowest BCUT2D eigenvalue weighted by atomic mass is 9.63. The number of amides is 2. The van der Waals surface area contributed by atoms with Crippen molar-refractivity contribution in [1.29, 1.82) is 0 Å². The second-order valence-corrected chi connectivity index (χ2v) is 11.6. The van der Waals surface area contributed by atoms with Crippen molar-refractivity contribution < 1.29 is 33.6 Å². The molecule has 2 amide bonds. The number of esters is 1. The molecule has 0 spiro atoms. The van der Waals surface area contributed by atoms with Crippen LogP contribution in [0.4, 0.5) is 11.4 Å². The average Bonchev–Trinajstić information content (AvgIpc) is 3.79. The number of carbonyl (C=O) groups is 4. The number of nitro groups is 1. The number of carbonyl (C=O) groups excluding carboxylic acids is 4.